The molecule has 0 saturated heterocycles. The number of nitrogens with zero attached hydrogens (tertiary/aromatic N) is 1. The van der Waals surface area contributed by atoms with Crippen molar-refractivity contribution in [2.75, 3.05) is 6.61 Å². The second-order valence-electron chi connectivity index (χ2n) is 5.06. The summed E-state index contributed by atoms with van der Waals surface area (Å²) in [4.78, 5) is 16.2. The molecule has 0 atom stereocenters. The summed E-state index contributed by atoms with van der Waals surface area (Å²) in [6.07, 6.45) is 1.57. The molecule has 7 heteroatoms. The topological polar surface area (TPSA) is 47.9 Å². The minimum Gasteiger partial charge on any atom is -0.492 e. The van der Waals surface area contributed by atoms with E-state index in [1.807, 2.05) is 6.92 Å². The summed E-state index contributed by atoms with van der Waals surface area (Å²) in [5.74, 6) is -0.492. The molecule has 0 radical (unpaired) electrons. The molecular formula is C18H12Br2FNO3. The van der Waals surface area contributed by atoms with E-state index in [0.717, 1.165) is 8.95 Å². The van der Waals surface area contributed by atoms with Crippen LogP contribution in [0.5, 0.6) is 5.75 Å². The molecule has 2 aromatic rings. The van der Waals surface area contributed by atoms with Crippen molar-refractivity contribution in [3.63, 3.8) is 0 Å². The molecule has 0 unspecified atom stereocenters. The van der Waals surface area contributed by atoms with Crippen LogP contribution in [0.3, 0.4) is 0 Å². The van der Waals surface area contributed by atoms with Crippen LogP contribution in [0.15, 0.2) is 56.0 Å². The standard InChI is InChI=1S/C18H12Br2FNO3/c1-2-24-16-12(19)7-10(8-13(16)20)9-15-18(23)25-17(22-15)11-5-3-4-6-14(11)21/h3-9H,2H2,1H3/b15-9-. The highest BCUT2D eigenvalue weighted by atomic mass is 79.9. The molecule has 0 bridgehead atoms. The fourth-order valence-electron chi connectivity index (χ4n) is 2.26. The van der Waals surface area contributed by atoms with Crippen LogP contribution in [0.2, 0.25) is 0 Å². The number of halogens is 3. The minimum atomic E-state index is -0.626. The van der Waals surface area contributed by atoms with Crippen LogP contribution < -0.4 is 4.74 Å². The van der Waals surface area contributed by atoms with Gasteiger partial charge in [0.05, 0.1) is 21.1 Å². The van der Waals surface area contributed by atoms with Crippen molar-refractivity contribution in [1.29, 1.82) is 0 Å². The van der Waals surface area contributed by atoms with Crippen molar-refractivity contribution in [2.24, 2.45) is 4.99 Å². The number of benzene rings is 2. The maximum absolute atomic E-state index is 13.8. The molecule has 0 aliphatic carbocycles. The van der Waals surface area contributed by atoms with Crippen molar-refractivity contribution < 1.29 is 18.7 Å². The van der Waals surface area contributed by atoms with Gasteiger partial charge >= 0.3 is 5.97 Å². The zero-order chi connectivity index (χ0) is 18.0. The maximum Gasteiger partial charge on any atom is 0.363 e. The van der Waals surface area contributed by atoms with Crippen molar-refractivity contribution in [3.05, 3.63) is 68.0 Å². The van der Waals surface area contributed by atoms with Crippen LogP contribution in [-0.2, 0) is 9.53 Å². The van der Waals surface area contributed by atoms with Gasteiger partial charge in [0.15, 0.2) is 5.70 Å². The number of esters is 1. The largest absolute Gasteiger partial charge is 0.492 e. The molecule has 1 aliphatic heterocycles. The van der Waals surface area contributed by atoms with Gasteiger partial charge in [-0.05, 0) is 74.7 Å². The number of ether oxygens (including phenoxy) is 2. The van der Waals surface area contributed by atoms with E-state index in [1.54, 1.807) is 30.3 Å². The summed E-state index contributed by atoms with van der Waals surface area (Å²) in [7, 11) is 0. The molecule has 0 fully saturated rings. The summed E-state index contributed by atoms with van der Waals surface area (Å²) < 4.78 is 25.9. The normalized spacial score (nSPS) is 15.3. The number of carbonyl (C=O) groups excluding carboxylic acids is 1. The Labute approximate surface area is 160 Å². The van der Waals surface area contributed by atoms with Crippen LogP contribution >= 0.6 is 31.9 Å². The van der Waals surface area contributed by atoms with E-state index >= 15 is 0 Å². The van der Waals surface area contributed by atoms with Crippen LogP contribution in [0, 0.1) is 5.82 Å². The summed E-state index contributed by atoms with van der Waals surface area (Å²) in [5, 5.41) is 0. The Morgan fingerprint density at radius 1 is 1.24 bits per heavy atom. The van der Waals surface area contributed by atoms with E-state index in [2.05, 4.69) is 36.9 Å². The zero-order valence-corrected chi connectivity index (χ0v) is 16.2. The Kier molecular flexibility index (Phi) is 5.34. The number of hydrogen-bond acceptors (Lipinski definition) is 4. The van der Waals surface area contributed by atoms with Crippen molar-refractivity contribution >= 4 is 49.8 Å². The third-order valence-electron chi connectivity index (χ3n) is 3.34. The maximum atomic E-state index is 13.8. The fourth-order valence-corrected chi connectivity index (χ4v) is 3.71. The van der Waals surface area contributed by atoms with Crippen LogP contribution in [0.1, 0.15) is 18.1 Å². The molecule has 0 aromatic heterocycles. The van der Waals surface area contributed by atoms with Gasteiger partial charge in [-0.25, -0.2) is 14.2 Å². The number of cyclic esters (lactones) is 1. The van der Waals surface area contributed by atoms with Gasteiger partial charge < -0.3 is 9.47 Å². The summed E-state index contributed by atoms with van der Waals surface area (Å²) in [6, 6.07) is 9.60. The Balaban J connectivity index is 1.96. The molecular weight excluding hydrogens is 457 g/mol. The first-order valence-electron chi connectivity index (χ1n) is 7.39. The van der Waals surface area contributed by atoms with Gasteiger partial charge in [-0.1, -0.05) is 12.1 Å². The van der Waals surface area contributed by atoms with Gasteiger partial charge in [0.1, 0.15) is 11.6 Å². The predicted molar refractivity (Wildman–Crippen MR) is 100 cm³/mol. The first-order chi connectivity index (χ1) is 12.0. The van der Waals surface area contributed by atoms with Crippen LogP contribution in [0.25, 0.3) is 6.08 Å². The Bertz CT molecular complexity index is 886. The van der Waals surface area contributed by atoms with Gasteiger partial charge in [0.2, 0.25) is 5.90 Å². The molecule has 3 rings (SSSR count). The van der Waals surface area contributed by atoms with Gasteiger partial charge in [-0.15, -0.1) is 0 Å². The van der Waals surface area contributed by atoms with E-state index < -0.39 is 11.8 Å². The molecule has 0 saturated carbocycles. The number of hydrogen-bond donors (Lipinski definition) is 0. The Morgan fingerprint density at radius 2 is 1.92 bits per heavy atom. The highest BCUT2D eigenvalue weighted by Gasteiger charge is 2.26. The SMILES string of the molecule is CCOc1c(Br)cc(/C=C2\N=C(c3ccccc3F)OC2=O)cc1Br. The Hall–Kier alpha value is -1.99. The number of carbonyl (C=O) groups is 1. The van der Waals surface area contributed by atoms with Gasteiger partial charge in [-0.2, -0.15) is 0 Å². The quantitative estimate of drug-likeness (QED) is 0.463. The molecule has 0 spiro atoms. The van der Waals surface area contributed by atoms with Crippen molar-refractivity contribution in [2.45, 2.75) is 6.92 Å². The average molecular weight is 469 g/mol. The highest BCUT2D eigenvalue weighted by Crippen LogP contribution is 2.35. The fraction of sp³-hybridized carbons (Fsp3) is 0.111. The first-order valence-corrected chi connectivity index (χ1v) is 8.97. The van der Waals surface area contributed by atoms with Crippen LogP contribution in [-0.4, -0.2) is 18.5 Å². The molecule has 1 aliphatic rings. The second kappa shape index (κ2) is 7.49. The predicted octanol–water partition coefficient (Wildman–Crippen LogP) is 5.09. The minimum absolute atomic E-state index is 0.0431. The monoisotopic (exact) mass is 467 g/mol. The molecule has 128 valence electrons. The van der Waals surface area contributed by atoms with E-state index in [0.29, 0.717) is 17.9 Å². The molecule has 0 N–H and O–H groups in total. The summed E-state index contributed by atoms with van der Waals surface area (Å²) in [6.45, 7) is 2.42. The van der Waals surface area contributed by atoms with Gasteiger partial charge in [0.25, 0.3) is 0 Å². The van der Waals surface area contributed by atoms with E-state index in [-0.39, 0.29) is 17.2 Å². The molecule has 4 nitrogen and oxygen atoms in total. The first kappa shape index (κ1) is 17.8. The average Bonchev–Trinajstić information content (AvgIpc) is 2.92. The van der Waals surface area contributed by atoms with Crippen molar-refractivity contribution in [1.82, 2.24) is 0 Å². The molecule has 25 heavy (non-hydrogen) atoms. The van der Waals surface area contributed by atoms with Crippen LogP contribution in [0.4, 0.5) is 4.39 Å². The summed E-state index contributed by atoms with van der Waals surface area (Å²) >= 11 is 6.87. The number of aliphatic imine (C=N–C) groups is 1. The summed E-state index contributed by atoms with van der Waals surface area (Å²) in [5.41, 5.74) is 0.960. The van der Waals surface area contributed by atoms with E-state index in [1.165, 1.54) is 12.1 Å². The second-order valence-corrected chi connectivity index (χ2v) is 6.77. The smallest absolute Gasteiger partial charge is 0.363 e. The molecule has 1 heterocycles. The molecule has 0 amide bonds. The highest BCUT2D eigenvalue weighted by molar-refractivity contribution is 9.11. The third-order valence-corrected chi connectivity index (χ3v) is 4.52. The van der Waals surface area contributed by atoms with Gasteiger partial charge in [0, 0.05) is 0 Å². The van der Waals surface area contributed by atoms with E-state index in [4.69, 9.17) is 9.47 Å². The van der Waals surface area contributed by atoms with Crippen molar-refractivity contribution in [3.8, 4) is 5.75 Å². The lowest BCUT2D eigenvalue weighted by atomic mass is 10.2. The van der Waals surface area contributed by atoms with Gasteiger partial charge in [-0.3, -0.25) is 0 Å². The lowest BCUT2D eigenvalue weighted by molar-refractivity contribution is -0.129. The lowest BCUT2D eigenvalue weighted by Crippen LogP contribution is -2.07. The lowest BCUT2D eigenvalue weighted by Gasteiger charge is -2.09. The number of rotatable bonds is 4. The van der Waals surface area contributed by atoms with E-state index in [9.17, 15) is 9.18 Å². The molecule has 2 aromatic carbocycles. The Morgan fingerprint density at radius 3 is 2.56 bits per heavy atom. The zero-order valence-electron chi connectivity index (χ0n) is 13.1. The third kappa shape index (κ3) is 3.82.